The largest absolute Gasteiger partial charge is 0.462 e. The number of allylic oxidation sites excluding steroid dienone is 33. The van der Waals surface area contributed by atoms with Gasteiger partial charge in [-0.05, 0) is 148 Å². The number of ether oxygens (including phenoxy) is 3. The zero-order chi connectivity index (χ0) is 58.5. The fourth-order valence-electron chi connectivity index (χ4n) is 7.70. The van der Waals surface area contributed by atoms with Gasteiger partial charge in [0.1, 0.15) is 13.2 Å². The Morgan fingerprint density at radius 3 is 0.802 bits per heavy atom. The molecule has 0 N–H and O–H groups in total. The zero-order valence-electron chi connectivity index (χ0n) is 51.2. The molecule has 0 rings (SSSR count). The van der Waals surface area contributed by atoms with Crippen LogP contribution in [-0.4, -0.2) is 37.2 Å². The van der Waals surface area contributed by atoms with Crippen LogP contribution in [-0.2, 0) is 28.6 Å². The lowest BCUT2D eigenvalue weighted by Gasteiger charge is -2.18. The molecule has 0 aromatic rings. The van der Waals surface area contributed by atoms with Gasteiger partial charge in [-0.2, -0.15) is 0 Å². The number of esters is 3. The molecule has 0 bridgehead atoms. The Hall–Kier alpha value is -6.01. The van der Waals surface area contributed by atoms with Crippen molar-refractivity contribution in [1.82, 2.24) is 0 Å². The standard InChI is InChI=1S/C75H112O6/c1-4-7-10-13-16-19-22-25-28-30-32-34-35-36-37-38-39-41-42-44-47-50-53-56-59-62-65-68-74(77)80-71-72(70-79-73(76)67-64-61-58-55-52-49-46-27-24-21-18-15-12-9-6-3)81-75(78)69-66-63-60-57-54-51-48-45-43-40-33-31-29-26-23-20-17-14-11-8-5-2/h7-12,16-21,25-29,32-34,36-37,39-41,44-48,52,55,61,64,72H,4-6,13-15,22-24,30-31,35,38,42-43,49-51,53-54,56-60,62-63,65-71H2,1-3H3/b10-7-,11-8-,12-9-,19-16-,20-17-,21-18-,28-25-,29-26-,34-32-,37-36-,40-33-,41-39-,46-27-,47-44-,48-45-,55-52-,64-61-. The van der Waals surface area contributed by atoms with Crippen molar-refractivity contribution in [2.24, 2.45) is 0 Å². The van der Waals surface area contributed by atoms with Crippen molar-refractivity contribution in [1.29, 1.82) is 0 Å². The molecule has 0 aromatic carbocycles. The van der Waals surface area contributed by atoms with Crippen LogP contribution < -0.4 is 0 Å². The molecule has 0 spiro atoms. The smallest absolute Gasteiger partial charge is 0.309 e. The summed E-state index contributed by atoms with van der Waals surface area (Å²) in [5.41, 5.74) is 0. The lowest BCUT2D eigenvalue weighted by molar-refractivity contribution is -0.166. The molecule has 81 heavy (non-hydrogen) atoms. The van der Waals surface area contributed by atoms with Crippen molar-refractivity contribution in [3.8, 4) is 0 Å². The molecule has 6 nitrogen and oxygen atoms in total. The minimum absolute atomic E-state index is 0.107. The van der Waals surface area contributed by atoms with Gasteiger partial charge < -0.3 is 14.2 Å². The van der Waals surface area contributed by atoms with Crippen LogP contribution in [0.25, 0.3) is 0 Å². The number of hydrogen-bond acceptors (Lipinski definition) is 6. The number of rotatable bonds is 54. The van der Waals surface area contributed by atoms with E-state index >= 15 is 0 Å². The summed E-state index contributed by atoms with van der Waals surface area (Å²) >= 11 is 0. The van der Waals surface area contributed by atoms with E-state index in [2.05, 4.69) is 215 Å². The van der Waals surface area contributed by atoms with Gasteiger partial charge in [0, 0.05) is 12.8 Å². The van der Waals surface area contributed by atoms with E-state index in [1.807, 2.05) is 6.08 Å². The molecule has 0 aliphatic carbocycles. The average molecular weight is 1110 g/mol. The Balaban J connectivity index is 4.57. The van der Waals surface area contributed by atoms with E-state index in [0.29, 0.717) is 6.42 Å². The summed E-state index contributed by atoms with van der Waals surface area (Å²) < 4.78 is 16.8. The molecule has 6 heteroatoms. The highest BCUT2D eigenvalue weighted by Crippen LogP contribution is 2.12. The van der Waals surface area contributed by atoms with Crippen LogP contribution in [0.4, 0.5) is 0 Å². The molecule has 1 atom stereocenters. The third-order valence-electron chi connectivity index (χ3n) is 12.3. The Bertz CT molecular complexity index is 2000. The van der Waals surface area contributed by atoms with Crippen LogP contribution in [0, 0.1) is 0 Å². The maximum absolute atomic E-state index is 12.9. The Morgan fingerprint density at radius 2 is 0.494 bits per heavy atom. The lowest BCUT2D eigenvalue weighted by atomic mass is 10.1. The van der Waals surface area contributed by atoms with Crippen molar-refractivity contribution in [2.45, 2.75) is 232 Å². The van der Waals surface area contributed by atoms with Gasteiger partial charge >= 0.3 is 17.9 Å². The van der Waals surface area contributed by atoms with Gasteiger partial charge in [-0.3, -0.25) is 14.4 Å². The molecule has 0 fully saturated rings. The Morgan fingerprint density at radius 1 is 0.259 bits per heavy atom. The first-order valence-corrected chi connectivity index (χ1v) is 31.6. The van der Waals surface area contributed by atoms with Crippen LogP contribution in [0.1, 0.15) is 226 Å². The normalized spacial score (nSPS) is 13.6. The molecular weight excluding hydrogens is 997 g/mol. The van der Waals surface area contributed by atoms with Crippen LogP contribution >= 0.6 is 0 Å². The average Bonchev–Trinajstić information content (AvgIpc) is 3.47. The first-order valence-electron chi connectivity index (χ1n) is 31.6. The van der Waals surface area contributed by atoms with Gasteiger partial charge in [-0.15, -0.1) is 0 Å². The highest BCUT2D eigenvalue weighted by atomic mass is 16.6. The third kappa shape index (κ3) is 64.7. The molecule has 0 heterocycles. The number of carbonyl (C=O) groups excluding carboxylic acids is 3. The molecule has 0 amide bonds. The van der Waals surface area contributed by atoms with E-state index in [-0.39, 0.29) is 38.0 Å². The molecular formula is C75H112O6. The first-order chi connectivity index (χ1) is 40.0. The van der Waals surface area contributed by atoms with Crippen LogP contribution in [0.5, 0.6) is 0 Å². The molecule has 1 unspecified atom stereocenters. The van der Waals surface area contributed by atoms with Crippen LogP contribution in [0.3, 0.4) is 0 Å². The second kappa shape index (κ2) is 66.5. The molecule has 0 aliphatic rings. The molecule has 0 aromatic heterocycles. The van der Waals surface area contributed by atoms with Crippen molar-refractivity contribution >= 4 is 17.9 Å². The Labute approximate surface area is 496 Å². The van der Waals surface area contributed by atoms with Gasteiger partial charge in [-0.25, -0.2) is 0 Å². The highest BCUT2D eigenvalue weighted by molar-refractivity contribution is 5.72. The minimum Gasteiger partial charge on any atom is -0.462 e. The predicted molar refractivity (Wildman–Crippen MR) is 352 cm³/mol. The monoisotopic (exact) mass is 1110 g/mol. The molecule has 448 valence electrons. The van der Waals surface area contributed by atoms with Gasteiger partial charge in [-0.1, -0.05) is 266 Å². The van der Waals surface area contributed by atoms with E-state index in [1.165, 1.54) is 0 Å². The summed E-state index contributed by atoms with van der Waals surface area (Å²) in [5.74, 6) is -1.12. The van der Waals surface area contributed by atoms with Crippen molar-refractivity contribution in [3.63, 3.8) is 0 Å². The lowest BCUT2D eigenvalue weighted by Crippen LogP contribution is -2.30. The summed E-state index contributed by atoms with van der Waals surface area (Å²) in [6, 6.07) is 0. The molecule has 0 saturated carbocycles. The summed E-state index contributed by atoms with van der Waals surface area (Å²) in [6.07, 6.45) is 103. The summed E-state index contributed by atoms with van der Waals surface area (Å²) in [5, 5.41) is 0. The fraction of sp³-hybridized carbons (Fsp3) is 0.507. The third-order valence-corrected chi connectivity index (χ3v) is 12.3. The molecule has 0 saturated heterocycles. The maximum Gasteiger partial charge on any atom is 0.309 e. The van der Waals surface area contributed by atoms with E-state index in [9.17, 15) is 14.4 Å². The summed E-state index contributed by atoms with van der Waals surface area (Å²) in [4.78, 5) is 38.3. The van der Waals surface area contributed by atoms with Crippen molar-refractivity contribution in [2.75, 3.05) is 13.2 Å². The van der Waals surface area contributed by atoms with Gasteiger partial charge in [0.2, 0.25) is 0 Å². The van der Waals surface area contributed by atoms with Crippen molar-refractivity contribution in [3.05, 3.63) is 207 Å². The van der Waals surface area contributed by atoms with E-state index in [4.69, 9.17) is 14.2 Å². The van der Waals surface area contributed by atoms with Crippen molar-refractivity contribution < 1.29 is 28.6 Å². The molecule has 0 radical (unpaired) electrons. The Kier molecular flexibility index (Phi) is 61.6. The summed E-state index contributed by atoms with van der Waals surface area (Å²) in [7, 11) is 0. The highest BCUT2D eigenvalue weighted by Gasteiger charge is 2.19. The second-order valence-electron chi connectivity index (χ2n) is 19.8. The van der Waals surface area contributed by atoms with Gasteiger partial charge in [0.25, 0.3) is 0 Å². The fourth-order valence-corrected chi connectivity index (χ4v) is 7.70. The molecule has 0 aliphatic heterocycles. The number of carbonyl (C=O) groups is 3. The number of hydrogen-bond donors (Lipinski definition) is 0. The minimum atomic E-state index is -0.852. The van der Waals surface area contributed by atoms with Crippen LogP contribution in [0.15, 0.2) is 207 Å². The summed E-state index contributed by atoms with van der Waals surface area (Å²) in [6.45, 7) is 6.15. The quantitative estimate of drug-likeness (QED) is 0.0261. The van der Waals surface area contributed by atoms with E-state index < -0.39 is 12.1 Å². The van der Waals surface area contributed by atoms with Crippen LogP contribution in [0.2, 0.25) is 0 Å². The SMILES string of the molecule is CC/C=C\C/C=C\C/C=C\C/C=C\C/C=C\C/C=C\C/C=C\CCCCCCCC(=O)OCC(COC(=O)C/C=C\C/C=C\C/C=C\C/C=C\C/C=C\CC)OC(=O)CCCCCCC/C=C\C/C=C\C/C=C\C/C=C\C/C=C\CC. The first kappa shape index (κ1) is 75.0. The topological polar surface area (TPSA) is 78.9 Å². The maximum atomic E-state index is 12.9. The predicted octanol–water partition coefficient (Wildman–Crippen LogP) is 22.0. The second-order valence-corrected chi connectivity index (χ2v) is 19.8. The number of unbranched alkanes of at least 4 members (excludes halogenated alkanes) is 10. The van der Waals surface area contributed by atoms with Gasteiger partial charge in [0.15, 0.2) is 6.10 Å². The zero-order valence-corrected chi connectivity index (χ0v) is 51.2. The van der Waals surface area contributed by atoms with E-state index in [1.54, 1.807) is 6.08 Å². The van der Waals surface area contributed by atoms with Gasteiger partial charge in [0.05, 0.1) is 6.42 Å². The van der Waals surface area contributed by atoms with E-state index in [0.717, 1.165) is 186 Å².